The molecule has 1 aromatic rings. The first-order valence-electron chi connectivity index (χ1n) is 6.22. The van der Waals surface area contributed by atoms with E-state index in [9.17, 15) is 9.59 Å². The predicted molar refractivity (Wildman–Crippen MR) is 78.0 cm³/mol. The van der Waals surface area contributed by atoms with E-state index in [1.165, 1.54) is 18.3 Å². The number of hydrogen-bond donors (Lipinski definition) is 2. The second-order valence-corrected chi connectivity index (χ2v) is 5.62. The summed E-state index contributed by atoms with van der Waals surface area (Å²) in [5.74, 6) is -0.222. The molecule has 0 amide bonds. The van der Waals surface area contributed by atoms with Gasteiger partial charge in [0.05, 0.1) is 17.2 Å². The number of nitrogens with two attached hydrogens (primary N) is 1. The molecule has 5 nitrogen and oxygen atoms in total. The number of ketones is 1. The molecule has 0 atom stereocenters. The minimum absolute atomic E-state index is 0.148. The van der Waals surface area contributed by atoms with Crippen LogP contribution in [-0.2, 0) is 4.74 Å². The Morgan fingerprint density at radius 1 is 1.42 bits per heavy atom. The second-order valence-electron chi connectivity index (χ2n) is 4.60. The topological polar surface area (TPSA) is 81.4 Å². The van der Waals surface area contributed by atoms with Crippen molar-refractivity contribution in [1.29, 1.82) is 0 Å². The number of esters is 1. The zero-order valence-electron chi connectivity index (χ0n) is 11.7. The summed E-state index contributed by atoms with van der Waals surface area (Å²) in [5, 5.41) is 3.76. The minimum atomic E-state index is -0.491. The summed E-state index contributed by atoms with van der Waals surface area (Å²) < 4.78 is 4.99. The Morgan fingerprint density at radius 3 is 2.53 bits per heavy atom. The highest BCUT2D eigenvalue weighted by molar-refractivity contribution is 7.19. The fourth-order valence-corrected chi connectivity index (χ4v) is 2.54. The van der Waals surface area contributed by atoms with E-state index in [2.05, 4.69) is 19.2 Å². The zero-order valence-corrected chi connectivity index (χ0v) is 12.5. The Hall–Kier alpha value is -1.56. The van der Waals surface area contributed by atoms with Crippen LogP contribution in [-0.4, -0.2) is 24.9 Å². The molecule has 0 aromatic carbocycles. The molecule has 19 heavy (non-hydrogen) atoms. The quantitative estimate of drug-likeness (QED) is 0.620. The van der Waals surface area contributed by atoms with Crippen LogP contribution >= 0.6 is 11.3 Å². The first kappa shape index (κ1) is 15.5. The first-order valence-corrected chi connectivity index (χ1v) is 7.04. The molecular formula is C13H20N2O3S. The summed E-state index contributed by atoms with van der Waals surface area (Å²) >= 11 is 1.20. The molecule has 0 saturated heterocycles. The molecule has 0 bridgehead atoms. The normalized spacial score (nSPS) is 10.6. The van der Waals surface area contributed by atoms with Crippen LogP contribution in [0.2, 0.25) is 0 Å². The highest BCUT2D eigenvalue weighted by atomic mass is 32.1. The van der Waals surface area contributed by atoms with Crippen LogP contribution in [0.5, 0.6) is 0 Å². The third-order valence-electron chi connectivity index (χ3n) is 2.42. The van der Waals surface area contributed by atoms with E-state index in [-0.39, 0.29) is 23.6 Å². The molecule has 0 aliphatic heterocycles. The molecule has 0 fully saturated rings. The van der Waals surface area contributed by atoms with E-state index in [4.69, 9.17) is 10.5 Å². The molecule has 0 aliphatic carbocycles. The first-order chi connectivity index (χ1) is 8.88. The maximum absolute atomic E-state index is 11.9. The van der Waals surface area contributed by atoms with E-state index >= 15 is 0 Å². The van der Waals surface area contributed by atoms with Crippen molar-refractivity contribution in [2.75, 3.05) is 24.2 Å². The number of carbonyl (C=O) groups excluding carboxylic acids is 2. The van der Waals surface area contributed by atoms with Gasteiger partial charge in [-0.15, -0.1) is 11.3 Å². The molecular weight excluding hydrogens is 264 g/mol. The van der Waals surface area contributed by atoms with Crippen molar-refractivity contribution in [3.05, 3.63) is 10.4 Å². The Kier molecular flexibility index (Phi) is 5.35. The third-order valence-corrected chi connectivity index (χ3v) is 3.68. The molecule has 3 N–H and O–H groups in total. The molecule has 106 valence electrons. The summed E-state index contributed by atoms with van der Waals surface area (Å²) in [5.41, 5.74) is 6.38. The zero-order chi connectivity index (χ0) is 14.6. The summed E-state index contributed by atoms with van der Waals surface area (Å²) in [6, 6.07) is 0. The number of anilines is 2. The predicted octanol–water partition coefficient (Wildman–Crippen LogP) is 2.78. The lowest BCUT2D eigenvalue weighted by Gasteiger charge is -2.09. The SMILES string of the molecule is CCOC(=O)c1c(NCC(C)C)sc(C(C)=O)c1N. The van der Waals surface area contributed by atoms with Gasteiger partial charge in [-0.05, 0) is 12.8 Å². The fraction of sp³-hybridized carbons (Fsp3) is 0.538. The van der Waals surface area contributed by atoms with Crippen LogP contribution in [0.1, 0.15) is 47.7 Å². The highest BCUT2D eigenvalue weighted by Gasteiger charge is 2.24. The Bertz CT molecular complexity index is 480. The van der Waals surface area contributed by atoms with Gasteiger partial charge in [-0.1, -0.05) is 13.8 Å². The number of hydrogen-bond acceptors (Lipinski definition) is 6. The Balaban J connectivity index is 3.15. The molecule has 1 heterocycles. The number of Topliss-reactive ketones (excluding diaryl/α,β-unsaturated/α-hetero) is 1. The standard InChI is InChI=1S/C13H20N2O3S/c1-5-18-13(17)9-10(14)11(8(4)16)19-12(9)15-6-7(2)3/h7,15H,5-6,14H2,1-4H3. The highest BCUT2D eigenvalue weighted by Crippen LogP contribution is 2.36. The van der Waals surface area contributed by atoms with Crippen LogP contribution in [0.3, 0.4) is 0 Å². The molecule has 0 saturated carbocycles. The molecule has 0 spiro atoms. The average Bonchev–Trinajstić information content (AvgIpc) is 2.64. The van der Waals surface area contributed by atoms with Gasteiger partial charge in [-0.25, -0.2) is 4.79 Å². The second kappa shape index (κ2) is 6.56. The number of nitrogen functional groups attached to an aromatic ring is 1. The summed E-state index contributed by atoms with van der Waals surface area (Å²) in [6.07, 6.45) is 0. The van der Waals surface area contributed by atoms with Crippen molar-refractivity contribution in [2.24, 2.45) is 5.92 Å². The van der Waals surface area contributed by atoms with Gasteiger partial charge in [0.25, 0.3) is 0 Å². The van der Waals surface area contributed by atoms with Gasteiger partial charge in [0.15, 0.2) is 5.78 Å². The van der Waals surface area contributed by atoms with Crippen LogP contribution in [0, 0.1) is 5.92 Å². The lowest BCUT2D eigenvalue weighted by atomic mass is 10.2. The van der Waals surface area contributed by atoms with Crippen molar-refractivity contribution in [1.82, 2.24) is 0 Å². The molecule has 0 aliphatic rings. The molecule has 1 rings (SSSR count). The maximum atomic E-state index is 11.9. The fourth-order valence-electron chi connectivity index (χ4n) is 1.53. The maximum Gasteiger partial charge on any atom is 0.343 e. The lowest BCUT2D eigenvalue weighted by molar-refractivity contribution is 0.0529. The van der Waals surface area contributed by atoms with Crippen molar-refractivity contribution in [3.8, 4) is 0 Å². The van der Waals surface area contributed by atoms with Gasteiger partial charge in [0, 0.05) is 13.5 Å². The van der Waals surface area contributed by atoms with Gasteiger partial charge in [0.2, 0.25) is 0 Å². The number of nitrogens with one attached hydrogen (secondary N) is 1. The summed E-state index contributed by atoms with van der Waals surface area (Å²) in [7, 11) is 0. The third kappa shape index (κ3) is 3.70. The van der Waals surface area contributed by atoms with Crippen LogP contribution in [0.4, 0.5) is 10.7 Å². The van der Waals surface area contributed by atoms with Gasteiger partial charge >= 0.3 is 5.97 Å². The average molecular weight is 284 g/mol. The van der Waals surface area contributed by atoms with Crippen molar-refractivity contribution in [2.45, 2.75) is 27.7 Å². The van der Waals surface area contributed by atoms with Crippen LogP contribution in [0.15, 0.2) is 0 Å². The van der Waals surface area contributed by atoms with Gasteiger partial charge in [-0.2, -0.15) is 0 Å². The van der Waals surface area contributed by atoms with Crippen LogP contribution in [0.25, 0.3) is 0 Å². The van der Waals surface area contributed by atoms with E-state index in [0.717, 1.165) is 0 Å². The van der Waals surface area contributed by atoms with E-state index in [1.54, 1.807) is 6.92 Å². The van der Waals surface area contributed by atoms with Gasteiger partial charge < -0.3 is 15.8 Å². The van der Waals surface area contributed by atoms with E-state index < -0.39 is 5.97 Å². The van der Waals surface area contributed by atoms with Crippen molar-refractivity contribution >= 4 is 33.8 Å². The molecule has 0 unspecified atom stereocenters. The number of thiophene rings is 1. The van der Waals surface area contributed by atoms with Crippen molar-refractivity contribution < 1.29 is 14.3 Å². The summed E-state index contributed by atoms with van der Waals surface area (Å²) in [4.78, 5) is 23.8. The van der Waals surface area contributed by atoms with Gasteiger partial charge in [0.1, 0.15) is 10.6 Å². The molecule has 0 radical (unpaired) electrons. The Labute approximate surface area is 117 Å². The number of carbonyl (C=O) groups is 2. The minimum Gasteiger partial charge on any atom is -0.462 e. The van der Waals surface area contributed by atoms with Crippen LogP contribution < -0.4 is 11.1 Å². The number of rotatable bonds is 6. The largest absolute Gasteiger partial charge is 0.462 e. The van der Waals surface area contributed by atoms with Crippen molar-refractivity contribution in [3.63, 3.8) is 0 Å². The summed E-state index contributed by atoms with van der Waals surface area (Å²) in [6.45, 7) is 8.24. The van der Waals surface area contributed by atoms with Gasteiger partial charge in [-0.3, -0.25) is 4.79 Å². The molecule has 6 heteroatoms. The monoisotopic (exact) mass is 284 g/mol. The lowest BCUT2D eigenvalue weighted by Crippen LogP contribution is -2.12. The van der Waals surface area contributed by atoms with E-state index in [0.29, 0.717) is 22.3 Å². The number of ether oxygens (including phenoxy) is 1. The van der Waals surface area contributed by atoms with E-state index in [1.807, 2.05) is 0 Å². The Morgan fingerprint density at radius 2 is 2.05 bits per heavy atom. The molecule has 1 aromatic heterocycles. The smallest absolute Gasteiger partial charge is 0.343 e.